The molecule has 152 valence electrons. The van der Waals surface area contributed by atoms with Gasteiger partial charge in [0.2, 0.25) is 10.0 Å². The van der Waals surface area contributed by atoms with E-state index in [4.69, 9.17) is 4.74 Å². The fourth-order valence-corrected chi connectivity index (χ4v) is 4.74. The second-order valence-electron chi connectivity index (χ2n) is 7.46. The molecule has 0 heterocycles. The molecule has 0 aliphatic heterocycles. The number of nitrogens with one attached hydrogen (secondary N) is 1. The van der Waals surface area contributed by atoms with Crippen LogP contribution in [0.3, 0.4) is 0 Å². The van der Waals surface area contributed by atoms with Crippen LogP contribution < -0.4 is 10.2 Å². The summed E-state index contributed by atoms with van der Waals surface area (Å²) in [5.41, 5.74) is 1.56. The minimum atomic E-state index is -4.06. The van der Waals surface area contributed by atoms with Crippen molar-refractivity contribution in [2.75, 3.05) is 7.11 Å². The number of hydrogen-bond donors (Lipinski definition) is 2. The van der Waals surface area contributed by atoms with Gasteiger partial charge in [-0.3, -0.25) is 10.0 Å². The second kappa shape index (κ2) is 8.72. The molecule has 2 aromatic rings. The van der Waals surface area contributed by atoms with Crippen molar-refractivity contribution in [1.29, 1.82) is 0 Å². The highest BCUT2D eigenvalue weighted by atomic mass is 32.2. The maximum Gasteiger partial charge on any atom is 0.262 e. The van der Waals surface area contributed by atoms with Gasteiger partial charge in [0.25, 0.3) is 5.91 Å². The number of benzene rings is 2. The Morgan fingerprint density at radius 1 is 1.11 bits per heavy atom. The van der Waals surface area contributed by atoms with Crippen molar-refractivity contribution in [2.24, 2.45) is 5.41 Å². The van der Waals surface area contributed by atoms with E-state index in [0.29, 0.717) is 5.75 Å². The van der Waals surface area contributed by atoms with Crippen LogP contribution in [0.5, 0.6) is 5.75 Å². The quantitative estimate of drug-likeness (QED) is 0.544. The van der Waals surface area contributed by atoms with Crippen LogP contribution >= 0.6 is 0 Å². The van der Waals surface area contributed by atoms with E-state index in [-0.39, 0.29) is 11.4 Å². The SMILES string of the molecule is COc1ccc(S(=O)(=O)N(Cc2ccccc2)[C@@H](C(=O)NO)C(C)(C)C)cc1. The molecular formula is C20H26N2O5S. The van der Waals surface area contributed by atoms with Gasteiger partial charge in [0.1, 0.15) is 11.8 Å². The lowest BCUT2D eigenvalue weighted by Crippen LogP contribution is -2.54. The first-order valence-corrected chi connectivity index (χ1v) is 10.2. The number of ether oxygens (including phenoxy) is 1. The molecule has 7 nitrogen and oxygen atoms in total. The van der Waals surface area contributed by atoms with Gasteiger partial charge in [-0.2, -0.15) is 4.31 Å². The summed E-state index contributed by atoms with van der Waals surface area (Å²) in [7, 11) is -2.56. The van der Waals surface area contributed by atoms with Gasteiger partial charge in [-0.05, 0) is 35.2 Å². The van der Waals surface area contributed by atoms with E-state index in [2.05, 4.69) is 0 Å². The van der Waals surface area contributed by atoms with E-state index in [1.165, 1.54) is 19.2 Å². The molecule has 0 radical (unpaired) electrons. The van der Waals surface area contributed by atoms with E-state index in [9.17, 15) is 18.4 Å². The Kier molecular flexibility index (Phi) is 6.82. The summed E-state index contributed by atoms with van der Waals surface area (Å²) in [5, 5.41) is 9.25. The van der Waals surface area contributed by atoms with Gasteiger partial charge in [0.15, 0.2) is 0 Å². The third kappa shape index (κ3) is 4.89. The lowest BCUT2D eigenvalue weighted by molar-refractivity contribution is -0.136. The van der Waals surface area contributed by atoms with E-state index in [1.54, 1.807) is 62.6 Å². The van der Waals surface area contributed by atoms with Crippen LogP contribution in [0.1, 0.15) is 26.3 Å². The van der Waals surface area contributed by atoms with Crippen LogP contribution in [-0.4, -0.2) is 37.0 Å². The fourth-order valence-electron chi connectivity index (χ4n) is 2.98. The van der Waals surface area contributed by atoms with E-state index in [0.717, 1.165) is 9.87 Å². The van der Waals surface area contributed by atoms with Crippen LogP contribution in [0.15, 0.2) is 59.5 Å². The van der Waals surface area contributed by atoms with Crippen molar-refractivity contribution in [3.05, 3.63) is 60.2 Å². The van der Waals surface area contributed by atoms with Crippen molar-refractivity contribution in [1.82, 2.24) is 9.79 Å². The molecule has 2 aromatic carbocycles. The molecule has 0 saturated carbocycles. The summed E-state index contributed by atoms with van der Waals surface area (Å²) >= 11 is 0. The standard InChI is InChI=1S/C20H26N2O5S/c1-20(2,3)18(19(23)21-24)22(14-15-8-6-5-7-9-15)28(25,26)17-12-10-16(27-4)11-13-17/h5-13,18,24H,14H2,1-4H3,(H,21,23)/t18-/m0/s1. The normalized spacial score (nSPS) is 13.2. The largest absolute Gasteiger partial charge is 0.497 e. The zero-order valence-electron chi connectivity index (χ0n) is 16.4. The summed E-state index contributed by atoms with van der Waals surface area (Å²) in [4.78, 5) is 12.5. The molecule has 0 saturated heterocycles. The first-order chi connectivity index (χ1) is 13.1. The van der Waals surface area contributed by atoms with E-state index < -0.39 is 27.4 Å². The number of methoxy groups -OCH3 is 1. The molecule has 0 aliphatic rings. The van der Waals surface area contributed by atoms with Crippen molar-refractivity contribution >= 4 is 15.9 Å². The first-order valence-electron chi connectivity index (χ1n) is 8.75. The average molecular weight is 407 g/mol. The minimum Gasteiger partial charge on any atom is -0.497 e. The Morgan fingerprint density at radius 2 is 1.68 bits per heavy atom. The van der Waals surface area contributed by atoms with Crippen molar-refractivity contribution in [2.45, 2.75) is 38.3 Å². The molecule has 2 rings (SSSR count). The molecule has 0 aliphatic carbocycles. The molecule has 0 bridgehead atoms. The molecular weight excluding hydrogens is 380 g/mol. The molecule has 28 heavy (non-hydrogen) atoms. The predicted molar refractivity (Wildman–Crippen MR) is 105 cm³/mol. The molecule has 0 aromatic heterocycles. The molecule has 0 fully saturated rings. The number of carbonyl (C=O) groups excluding carboxylic acids is 1. The van der Waals surface area contributed by atoms with Crippen molar-refractivity contribution in [3.8, 4) is 5.75 Å². The number of hydroxylamine groups is 1. The van der Waals surface area contributed by atoms with E-state index in [1.807, 2.05) is 6.07 Å². The number of sulfonamides is 1. The average Bonchev–Trinajstić information content (AvgIpc) is 2.67. The predicted octanol–water partition coefficient (Wildman–Crippen LogP) is 2.81. The topological polar surface area (TPSA) is 95.9 Å². The maximum absolute atomic E-state index is 13.5. The third-order valence-corrected chi connectivity index (χ3v) is 6.14. The van der Waals surface area contributed by atoms with Gasteiger partial charge in [-0.1, -0.05) is 51.1 Å². The number of carbonyl (C=O) groups is 1. The molecule has 1 atom stereocenters. The van der Waals surface area contributed by atoms with Crippen LogP contribution in [-0.2, 0) is 21.4 Å². The summed E-state index contributed by atoms with van der Waals surface area (Å²) in [5.74, 6) is -0.269. The Balaban J connectivity index is 2.59. The minimum absolute atomic E-state index is 0.0233. The second-order valence-corrected chi connectivity index (χ2v) is 9.35. The number of rotatable bonds is 7. The molecule has 0 unspecified atom stereocenters. The number of nitrogens with zero attached hydrogens (tertiary/aromatic N) is 1. The molecule has 0 spiro atoms. The third-order valence-electron chi connectivity index (χ3n) is 4.31. The van der Waals surface area contributed by atoms with Crippen molar-refractivity contribution in [3.63, 3.8) is 0 Å². The van der Waals surface area contributed by atoms with Gasteiger partial charge >= 0.3 is 0 Å². The fraction of sp³-hybridized carbons (Fsp3) is 0.350. The Hall–Kier alpha value is -2.42. The van der Waals surface area contributed by atoms with Gasteiger partial charge in [-0.25, -0.2) is 13.9 Å². The highest BCUT2D eigenvalue weighted by molar-refractivity contribution is 7.89. The summed E-state index contributed by atoms with van der Waals surface area (Å²) in [6, 6.07) is 13.8. The Bertz CT molecular complexity index is 890. The van der Waals surface area contributed by atoms with Crippen LogP contribution in [0.25, 0.3) is 0 Å². The maximum atomic E-state index is 13.5. The first kappa shape index (κ1) is 21.9. The van der Waals surface area contributed by atoms with Crippen LogP contribution in [0, 0.1) is 5.41 Å². The van der Waals surface area contributed by atoms with Gasteiger partial charge < -0.3 is 4.74 Å². The highest BCUT2D eigenvalue weighted by Crippen LogP contribution is 2.31. The monoisotopic (exact) mass is 406 g/mol. The number of amides is 1. The zero-order valence-corrected chi connectivity index (χ0v) is 17.2. The van der Waals surface area contributed by atoms with Gasteiger partial charge in [0.05, 0.1) is 12.0 Å². The highest BCUT2D eigenvalue weighted by Gasteiger charge is 2.43. The van der Waals surface area contributed by atoms with Gasteiger partial charge in [0, 0.05) is 6.54 Å². The zero-order chi connectivity index (χ0) is 20.9. The Morgan fingerprint density at radius 3 is 2.14 bits per heavy atom. The summed E-state index contributed by atoms with van der Waals surface area (Å²) in [6.45, 7) is 5.21. The van der Waals surface area contributed by atoms with Gasteiger partial charge in [-0.15, -0.1) is 0 Å². The lowest BCUT2D eigenvalue weighted by Gasteiger charge is -2.37. The summed E-state index contributed by atoms with van der Waals surface area (Å²) < 4.78 is 33.1. The summed E-state index contributed by atoms with van der Waals surface area (Å²) in [6.07, 6.45) is 0. The lowest BCUT2D eigenvalue weighted by atomic mass is 9.86. The smallest absolute Gasteiger partial charge is 0.262 e. The van der Waals surface area contributed by atoms with Crippen LogP contribution in [0.4, 0.5) is 0 Å². The van der Waals surface area contributed by atoms with Crippen LogP contribution in [0.2, 0.25) is 0 Å². The molecule has 2 N–H and O–H groups in total. The number of hydrogen-bond acceptors (Lipinski definition) is 5. The van der Waals surface area contributed by atoms with Crippen molar-refractivity contribution < 1.29 is 23.2 Å². The molecule has 8 heteroatoms. The van der Waals surface area contributed by atoms with E-state index >= 15 is 0 Å². The Labute approximate surface area is 166 Å². The molecule has 1 amide bonds.